The van der Waals surface area contributed by atoms with Crippen LogP contribution in [-0.2, 0) is 16.8 Å². The van der Waals surface area contributed by atoms with Crippen LogP contribution in [0.2, 0.25) is 0 Å². The van der Waals surface area contributed by atoms with Crippen molar-refractivity contribution < 1.29 is 4.79 Å². The number of halogens is 1. The van der Waals surface area contributed by atoms with E-state index in [1.807, 2.05) is 11.9 Å². The minimum Gasteiger partial charge on any atom is -0.341 e. The van der Waals surface area contributed by atoms with Crippen molar-refractivity contribution in [1.29, 1.82) is 0 Å². The van der Waals surface area contributed by atoms with Crippen molar-refractivity contribution in [1.82, 2.24) is 4.90 Å². The Morgan fingerprint density at radius 2 is 1.75 bits per heavy atom. The van der Waals surface area contributed by atoms with E-state index in [2.05, 4.69) is 61.0 Å². The van der Waals surface area contributed by atoms with Crippen LogP contribution >= 0.6 is 15.9 Å². The van der Waals surface area contributed by atoms with E-state index in [1.54, 1.807) is 0 Å². The highest BCUT2D eigenvalue weighted by molar-refractivity contribution is 9.09. The first kappa shape index (κ1) is 17.2. The zero-order valence-corrected chi connectivity index (χ0v) is 14.7. The van der Waals surface area contributed by atoms with Crippen molar-refractivity contribution in [3.63, 3.8) is 0 Å². The van der Waals surface area contributed by atoms with Gasteiger partial charge in [-0.15, -0.1) is 0 Å². The second kappa shape index (κ2) is 7.82. The van der Waals surface area contributed by atoms with Gasteiger partial charge in [-0.1, -0.05) is 61.0 Å². The molecule has 0 radical (unpaired) electrons. The van der Waals surface area contributed by atoms with Crippen LogP contribution in [0, 0.1) is 0 Å². The quantitative estimate of drug-likeness (QED) is 0.551. The number of alkyl halides is 1. The van der Waals surface area contributed by atoms with Crippen molar-refractivity contribution in [2.75, 3.05) is 12.4 Å². The first-order valence-electron chi connectivity index (χ1n) is 7.24. The summed E-state index contributed by atoms with van der Waals surface area (Å²) in [6.07, 6.45) is 2.65. The topological polar surface area (TPSA) is 20.3 Å². The zero-order valence-electron chi connectivity index (χ0n) is 13.1. The van der Waals surface area contributed by atoms with Crippen molar-refractivity contribution in [2.24, 2.45) is 0 Å². The molecular formula is C17H26BrNO. The lowest BCUT2D eigenvalue weighted by atomic mass is 9.87. The highest BCUT2D eigenvalue weighted by Gasteiger charge is 2.13. The molecule has 20 heavy (non-hydrogen) atoms. The number of unbranched alkanes of at least 4 members (excludes halogenated alkanes) is 1. The van der Waals surface area contributed by atoms with Gasteiger partial charge in [-0.2, -0.15) is 0 Å². The van der Waals surface area contributed by atoms with E-state index in [9.17, 15) is 4.79 Å². The molecule has 0 heterocycles. The van der Waals surface area contributed by atoms with E-state index < -0.39 is 0 Å². The standard InChI is InChI=1S/C17H26BrNO/c1-17(2,3)15-10-8-14(9-11-15)13-19(4)16(20)7-5-6-12-18/h8-11H,5-7,12-13H2,1-4H3. The van der Waals surface area contributed by atoms with Gasteiger partial charge in [-0.3, -0.25) is 4.79 Å². The molecule has 0 aliphatic rings. The number of amides is 1. The van der Waals surface area contributed by atoms with Crippen LogP contribution in [0.4, 0.5) is 0 Å². The molecule has 0 aromatic heterocycles. The summed E-state index contributed by atoms with van der Waals surface area (Å²) in [7, 11) is 1.88. The minimum atomic E-state index is 0.177. The van der Waals surface area contributed by atoms with Gasteiger partial charge < -0.3 is 4.90 Å². The normalized spacial score (nSPS) is 11.4. The number of rotatable bonds is 6. The predicted octanol–water partition coefficient (Wildman–Crippen LogP) is 4.51. The van der Waals surface area contributed by atoms with Crippen molar-refractivity contribution in [3.8, 4) is 0 Å². The Morgan fingerprint density at radius 1 is 1.15 bits per heavy atom. The molecule has 3 heteroatoms. The molecule has 0 fully saturated rings. The monoisotopic (exact) mass is 339 g/mol. The smallest absolute Gasteiger partial charge is 0.222 e. The van der Waals surface area contributed by atoms with Crippen LogP contribution in [0.15, 0.2) is 24.3 Å². The first-order valence-corrected chi connectivity index (χ1v) is 8.36. The molecule has 0 unspecified atom stereocenters. The van der Waals surface area contributed by atoms with Crippen LogP contribution < -0.4 is 0 Å². The zero-order chi connectivity index (χ0) is 15.2. The molecule has 1 aromatic rings. The van der Waals surface area contributed by atoms with Crippen LogP contribution in [0.5, 0.6) is 0 Å². The Bertz CT molecular complexity index is 420. The molecular weight excluding hydrogens is 314 g/mol. The molecule has 1 amide bonds. The average Bonchev–Trinajstić information content (AvgIpc) is 2.38. The summed E-state index contributed by atoms with van der Waals surface area (Å²) < 4.78 is 0. The molecule has 0 aliphatic carbocycles. The molecule has 0 saturated carbocycles. The van der Waals surface area contributed by atoms with Gasteiger partial charge in [0.15, 0.2) is 0 Å². The summed E-state index contributed by atoms with van der Waals surface area (Å²) in [4.78, 5) is 13.8. The number of hydrogen-bond acceptors (Lipinski definition) is 1. The second-order valence-corrected chi connectivity index (χ2v) is 7.14. The van der Waals surface area contributed by atoms with E-state index in [0.717, 1.165) is 18.2 Å². The number of carbonyl (C=O) groups excluding carboxylic acids is 1. The van der Waals surface area contributed by atoms with Crippen LogP contribution in [-0.4, -0.2) is 23.2 Å². The van der Waals surface area contributed by atoms with Crippen LogP contribution in [0.25, 0.3) is 0 Å². The minimum absolute atomic E-state index is 0.177. The lowest BCUT2D eigenvalue weighted by Crippen LogP contribution is -2.25. The molecule has 0 saturated heterocycles. The van der Waals surface area contributed by atoms with Gasteiger partial charge in [-0.05, 0) is 29.4 Å². The number of benzene rings is 1. The number of carbonyl (C=O) groups is 1. The van der Waals surface area contributed by atoms with Gasteiger partial charge in [0.1, 0.15) is 0 Å². The third kappa shape index (κ3) is 5.66. The fourth-order valence-corrected chi connectivity index (χ4v) is 2.43. The van der Waals surface area contributed by atoms with Gasteiger partial charge in [0.2, 0.25) is 5.91 Å². The Labute approximate surface area is 131 Å². The highest BCUT2D eigenvalue weighted by atomic mass is 79.9. The van der Waals surface area contributed by atoms with Crippen LogP contribution in [0.3, 0.4) is 0 Å². The third-order valence-corrected chi connectivity index (χ3v) is 4.00. The summed E-state index contributed by atoms with van der Waals surface area (Å²) in [6, 6.07) is 8.59. The first-order chi connectivity index (χ1) is 9.34. The van der Waals surface area contributed by atoms with E-state index in [-0.39, 0.29) is 11.3 Å². The molecule has 0 bridgehead atoms. The van der Waals surface area contributed by atoms with Crippen molar-refractivity contribution >= 4 is 21.8 Å². The Hall–Kier alpha value is -0.830. The summed E-state index contributed by atoms with van der Waals surface area (Å²) in [5.74, 6) is 0.228. The maximum absolute atomic E-state index is 12.0. The molecule has 0 aliphatic heterocycles. The van der Waals surface area contributed by atoms with E-state index in [1.165, 1.54) is 11.1 Å². The molecule has 0 N–H and O–H groups in total. The van der Waals surface area contributed by atoms with E-state index >= 15 is 0 Å². The van der Waals surface area contributed by atoms with Gasteiger partial charge in [0, 0.05) is 25.3 Å². The maximum atomic E-state index is 12.0. The number of hydrogen-bond donors (Lipinski definition) is 0. The Kier molecular flexibility index (Phi) is 6.74. The Morgan fingerprint density at radius 3 is 2.25 bits per heavy atom. The summed E-state index contributed by atoms with van der Waals surface area (Å²) >= 11 is 3.39. The van der Waals surface area contributed by atoms with Gasteiger partial charge in [0.05, 0.1) is 0 Å². The van der Waals surface area contributed by atoms with E-state index in [4.69, 9.17) is 0 Å². The lowest BCUT2D eigenvalue weighted by Gasteiger charge is -2.21. The van der Waals surface area contributed by atoms with Crippen molar-refractivity contribution in [3.05, 3.63) is 35.4 Å². The SMILES string of the molecule is CN(Cc1ccc(C(C)(C)C)cc1)C(=O)CCCCBr. The van der Waals surface area contributed by atoms with Gasteiger partial charge in [-0.25, -0.2) is 0 Å². The van der Waals surface area contributed by atoms with Gasteiger partial charge in [0.25, 0.3) is 0 Å². The largest absolute Gasteiger partial charge is 0.341 e. The molecule has 1 aromatic carbocycles. The Balaban J connectivity index is 2.53. The fourth-order valence-electron chi connectivity index (χ4n) is 2.03. The van der Waals surface area contributed by atoms with E-state index in [0.29, 0.717) is 13.0 Å². The number of nitrogens with zero attached hydrogens (tertiary/aromatic N) is 1. The lowest BCUT2D eigenvalue weighted by molar-refractivity contribution is -0.130. The molecule has 112 valence electrons. The molecule has 1 rings (SSSR count). The summed E-state index contributed by atoms with van der Waals surface area (Å²) in [5.41, 5.74) is 2.69. The predicted molar refractivity (Wildman–Crippen MR) is 89.3 cm³/mol. The summed E-state index contributed by atoms with van der Waals surface area (Å²) in [6.45, 7) is 7.32. The van der Waals surface area contributed by atoms with Crippen LogP contribution in [0.1, 0.15) is 51.2 Å². The fraction of sp³-hybridized carbons (Fsp3) is 0.588. The average molecular weight is 340 g/mol. The molecule has 0 spiro atoms. The third-order valence-electron chi connectivity index (χ3n) is 3.44. The highest BCUT2D eigenvalue weighted by Crippen LogP contribution is 2.22. The summed E-state index contributed by atoms with van der Waals surface area (Å²) in [5, 5.41) is 0.970. The second-order valence-electron chi connectivity index (χ2n) is 6.34. The molecule has 2 nitrogen and oxygen atoms in total. The van der Waals surface area contributed by atoms with Crippen molar-refractivity contribution in [2.45, 2.75) is 52.0 Å². The molecule has 0 atom stereocenters. The maximum Gasteiger partial charge on any atom is 0.222 e. The van der Waals surface area contributed by atoms with Gasteiger partial charge >= 0.3 is 0 Å².